The summed E-state index contributed by atoms with van der Waals surface area (Å²) >= 11 is 0. The van der Waals surface area contributed by atoms with Crippen molar-refractivity contribution in [2.24, 2.45) is 5.41 Å². The van der Waals surface area contributed by atoms with E-state index in [0.717, 1.165) is 31.4 Å². The van der Waals surface area contributed by atoms with Crippen LogP contribution in [0.15, 0.2) is 30.3 Å². The lowest BCUT2D eigenvalue weighted by Gasteiger charge is -2.13. The van der Waals surface area contributed by atoms with E-state index in [2.05, 4.69) is 21.5 Å². The van der Waals surface area contributed by atoms with E-state index in [1.165, 1.54) is 0 Å². The summed E-state index contributed by atoms with van der Waals surface area (Å²) in [6, 6.07) is 12.1. The summed E-state index contributed by atoms with van der Waals surface area (Å²) in [4.78, 5) is 1.63. The molecule has 0 amide bonds. The first-order chi connectivity index (χ1) is 9.61. The first-order valence-corrected chi connectivity index (χ1v) is 6.85. The summed E-state index contributed by atoms with van der Waals surface area (Å²) in [5.74, 6) is 0.656. The molecule has 0 radical (unpaired) electrons. The Morgan fingerprint density at radius 1 is 1.20 bits per heavy atom. The molecule has 0 saturated heterocycles. The molecular weight excluding hydrogens is 250 g/mol. The Kier molecular flexibility index (Phi) is 4.46. The monoisotopic (exact) mass is 269 g/mol. The molecule has 2 rings (SSSR count). The molecule has 20 heavy (non-hydrogen) atoms. The quantitative estimate of drug-likeness (QED) is 0.756. The van der Waals surface area contributed by atoms with Gasteiger partial charge in [0.15, 0.2) is 0 Å². The maximum atomic E-state index is 8.95. The molecule has 0 aliphatic heterocycles. The second-order valence-electron chi connectivity index (χ2n) is 5.53. The van der Waals surface area contributed by atoms with Crippen LogP contribution in [0.2, 0.25) is 0 Å². The molecule has 0 fully saturated rings. The third-order valence-corrected chi connectivity index (χ3v) is 3.20. The topological polar surface area (TPSA) is 67.4 Å². The Bertz CT molecular complexity index is 580. The zero-order valence-corrected chi connectivity index (χ0v) is 12.0. The molecule has 0 bridgehead atoms. The van der Waals surface area contributed by atoms with Gasteiger partial charge in [-0.05, 0) is 38.3 Å². The SMILES string of the molecule is CC(C)(C#N)CCCCn1nnc(-c2ccccc2)n1. The lowest BCUT2D eigenvalue weighted by atomic mass is 9.89. The third kappa shape index (κ3) is 3.89. The van der Waals surface area contributed by atoms with Gasteiger partial charge in [-0.15, -0.1) is 10.2 Å². The van der Waals surface area contributed by atoms with Crippen molar-refractivity contribution in [1.82, 2.24) is 20.2 Å². The number of hydrogen-bond donors (Lipinski definition) is 0. The largest absolute Gasteiger partial charge is 0.204 e. The molecule has 1 aromatic carbocycles. The van der Waals surface area contributed by atoms with Gasteiger partial charge in [0, 0.05) is 5.56 Å². The Morgan fingerprint density at radius 3 is 2.65 bits per heavy atom. The number of aromatic nitrogens is 4. The van der Waals surface area contributed by atoms with Gasteiger partial charge in [-0.1, -0.05) is 30.3 Å². The highest BCUT2D eigenvalue weighted by molar-refractivity contribution is 5.52. The zero-order valence-electron chi connectivity index (χ0n) is 12.0. The molecule has 2 aromatic rings. The molecule has 0 saturated carbocycles. The zero-order chi connectivity index (χ0) is 14.4. The fourth-order valence-corrected chi connectivity index (χ4v) is 1.92. The van der Waals surface area contributed by atoms with E-state index >= 15 is 0 Å². The predicted molar refractivity (Wildman–Crippen MR) is 76.5 cm³/mol. The Labute approximate surface area is 119 Å². The second kappa shape index (κ2) is 6.29. The van der Waals surface area contributed by atoms with Crippen molar-refractivity contribution < 1.29 is 0 Å². The smallest absolute Gasteiger partial charge is 0.198 e. The standard InChI is InChI=1S/C15H19N5/c1-15(2,12-16)10-6-7-11-20-18-14(17-19-20)13-8-4-3-5-9-13/h3-5,8-9H,6-7,10-11H2,1-2H3. The van der Waals surface area contributed by atoms with E-state index in [4.69, 9.17) is 5.26 Å². The first-order valence-electron chi connectivity index (χ1n) is 6.85. The fraction of sp³-hybridized carbons (Fsp3) is 0.467. The van der Waals surface area contributed by atoms with Gasteiger partial charge in [-0.3, -0.25) is 0 Å². The van der Waals surface area contributed by atoms with Crippen molar-refractivity contribution >= 4 is 0 Å². The molecule has 0 spiro atoms. The third-order valence-electron chi connectivity index (χ3n) is 3.20. The van der Waals surface area contributed by atoms with Crippen LogP contribution in [0.5, 0.6) is 0 Å². The van der Waals surface area contributed by atoms with Crippen LogP contribution in [0.25, 0.3) is 11.4 Å². The highest BCUT2D eigenvalue weighted by atomic mass is 15.6. The summed E-state index contributed by atoms with van der Waals surface area (Å²) < 4.78 is 0. The number of unbranched alkanes of at least 4 members (excludes halogenated alkanes) is 1. The van der Waals surface area contributed by atoms with Crippen molar-refractivity contribution in [1.29, 1.82) is 5.26 Å². The minimum absolute atomic E-state index is 0.245. The highest BCUT2D eigenvalue weighted by Crippen LogP contribution is 2.21. The number of benzene rings is 1. The van der Waals surface area contributed by atoms with Gasteiger partial charge in [-0.25, -0.2) is 0 Å². The Morgan fingerprint density at radius 2 is 1.95 bits per heavy atom. The molecule has 0 unspecified atom stereocenters. The maximum Gasteiger partial charge on any atom is 0.204 e. The molecule has 0 atom stereocenters. The van der Waals surface area contributed by atoms with Crippen LogP contribution in [-0.2, 0) is 6.54 Å². The summed E-state index contributed by atoms with van der Waals surface area (Å²) in [5.41, 5.74) is 0.731. The number of aryl methyl sites for hydroxylation is 1. The molecule has 104 valence electrons. The minimum Gasteiger partial charge on any atom is -0.198 e. The fourth-order valence-electron chi connectivity index (χ4n) is 1.92. The molecule has 1 aromatic heterocycles. The van der Waals surface area contributed by atoms with Crippen molar-refractivity contribution in [2.45, 2.75) is 39.7 Å². The predicted octanol–water partition coefficient (Wildman–Crippen LogP) is 3.06. The second-order valence-corrected chi connectivity index (χ2v) is 5.53. The number of nitrogens with zero attached hydrogens (tertiary/aromatic N) is 5. The van der Waals surface area contributed by atoms with Gasteiger partial charge in [-0.2, -0.15) is 10.1 Å². The molecule has 0 aliphatic carbocycles. The van der Waals surface area contributed by atoms with E-state index in [9.17, 15) is 0 Å². The van der Waals surface area contributed by atoms with Crippen LogP contribution < -0.4 is 0 Å². The lowest BCUT2D eigenvalue weighted by Crippen LogP contribution is -2.09. The maximum absolute atomic E-state index is 8.95. The summed E-state index contributed by atoms with van der Waals surface area (Å²) in [6.07, 6.45) is 2.84. The Balaban J connectivity index is 1.84. The lowest BCUT2D eigenvalue weighted by molar-refractivity contribution is 0.400. The average molecular weight is 269 g/mol. The number of rotatable bonds is 6. The van der Waals surface area contributed by atoms with Crippen LogP contribution in [0.4, 0.5) is 0 Å². The molecular formula is C15H19N5. The van der Waals surface area contributed by atoms with E-state index in [-0.39, 0.29) is 5.41 Å². The van der Waals surface area contributed by atoms with E-state index in [1.54, 1.807) is 4.80 Å². The minimum atomic E-state index is -0.245. The normalized spacial score (nSPS) is 11.2. The summed E-state index contributed by atoms with van der Waals surface area (Å²) in [5, 5.41) is 21.4. The van der Waals surface area contributed by atoms with Gasteiger partial charge < -0.3 is 0 Å². The molecule has 1 heterocycles. The molecule has 0 N–H and O–H groups in total. The van der Waals surface area contributed by atoms with E-state index < -0.39 is 0 Å². The van der Waals surface area contributed by atoms with Crippen molar-refractivity contribution in [2.75, 3.05) is 0 Å². The molecule has 0 aliphatic rings. The van der Waals surface area contributed by atoms with Crippen molar-refractivity contribution in [3.05, 3.63) is 30.3 Å². The van der Waals surface area contributed by atoms with Gasteiger partial charge in [0.2, 0.25) is 5.82 Å². The van der Waals surface area contributed by atoms with E-state index in [1.807, 2.05) is 44.2 Å². The summed E-state index contributed by atoms with van der Waals surface area (Å²) in [6.45, 7) is 4.67. The molecule has 5 nitrogen and oxygen atoms in total. The van der Waals surface area contributed by atoms with Crippen molar-refractivity contribution in [3.8, 4) is 17.5 Å². The van der Waals surface area contributed by atoms with Gasteiger partial charge in [0.1, 0.15) is 0 Å². The van der Waals surface area contributed by atoms with Crippen LogP contribution in [-0.4, -0.2) is 20.2 Å². The highest BCUT2D eigenvalue weighted by Gasteiger charge is 2.15. The first kappa shape index (κ1) is 14.2. The number of hydrogen-bond acceptors (Lipinski definition) is 4. The Hall–Kier alpha value is -2.22. The van der Waals surface area contributed by atoms with Crippen LogP contribution >= 0.6 is 0 Å². The van der Waals surface area contributed by atoms with Gasteiger partial charge in [0.25, 0.3) is 0 Å². The van der Waals surface area contributed by atoms with Gasteiger partial charge in [0.05, 0.1) is 18.0 Å². The number of tetrazole rings is 1. The van der Waals surface area contributed by atoms with Crippen LogP contribution in [0, 0.1) is 16.7 Å². The van der Waals surface area contributed by atoms with Crippen LogP contribution in [0.3, 0.4) is 0 Å². The molecule has 5 heteroatoms. The van der Waals surface area contributed by atoms with Gasteiger partial charge >= 0.3 is 0 Å². The van der Waals surface area contributed by atoms with Crippen LogP contribution in [0.1, 0.15) is 33.1 Å². The average Bonchev–Trinajstić information content (AvgIpc) is 2.93. The summed E-state index contributed by atoms with van der Waals surface area (Å²) in [7, 11) is 0. The van der Waals surface area contributed by atoms with E-state index in [0.29, 0.717) is 5.82 Å². The number of nitriles is 1. The van der Waals surface area contributed by atoms with Crippen molar-refractivity contribution in [3.63, 3.8) is 0 Å².